The minimum absolute atomic E-state index is 0.0311. The second-order valence-corrected chi connectivity index (χ2v) is 8.82. The molecule has 0 aromatic heterocycles. The summed E-state index contributed by atoms with van der Waals surface area (Å²) in [6, 6.07) is 9.47. The van der Waals surface area contributed by atoms with Gasteiger partial charge in [0.1, 0.15) is 0 Å². The number of hydrogen-bond acceptors (Lipinski definition) is 14. The van der Waals surface area contributed by atoms with Gasteiger partial charge in [-0.05, 0) is 49.4 Å². The Balaban J connectivity index is 2.19. The Kier molecular flexibility index (Phi) is 12.8. The molecule has 0 saturated carbocycles. The predicted molar refractivity (Wildman–Crippen MR) is 162 cm³/mol. The molecule has 236 valence electrons. The van der Waals surface area contributed by atoms with E-state index < -0.39 is 52.7 Å². The van der Waals surface area contributed by atoms with Crippen LogP contribution >= 0.6 is 0 Å². The lowest BCUT2D eigenvalue weighted by Crippen LogP contribution is -2.30. The summed E-state index contributed by atoms with van der Waals surface area (Å²) in [5.74, 6) is -5.25. The van der Waals surface area contributed by atoms with Gasteiger partial charge in [0, 0.05) is 31.4 Å². The topological polar surface area (TPSA) is 220 Å². The van der Waals surface area contributed by atoms with Crippen molar-refractivity contribution in [3.8, 4) is 0 Å². The molecule has 0 fully saturated rings. The second kappa shape index (κ2) is 16.4. The highest BCUT2D eigenvalue weighted by Gasteiger charge is 2.21. The van der Waals surface area contributed by atoms with Gasteiger partial charge in [0.25, 0.3) is 11.8 Å². The quantitative estimate of drug-likeness (QED) is 0.0627. The first kappa shape index (κ1) is 35.0. The lowest BCUT2D eigenvalue weighted by Gasteiger charge is -2.11. The van der Waals surface area contributed by atoms with Gasteiger partial charge >= 0.3 is 17.9 Å². The number of carbonyl (C=O) groups excluding carboxylic acids is 7. The first-order chi connectivity index (χ1) is 21.3. The van der Waals surface area contributed by atoms with E-state index in [0.29, 0.717) is 0 Å². The van der Waals surface area contributed by atoms with Crippen molar-refractivity contribution in [1.29, 1.82) is 0 Å². The largest absolute Gasteiger partial charge is 0.466 e. The van der Waals surface area contributed by atoms with Crippen LogP contribution in [0.2, 0.25) is 0 Å². The molecule has 16 nitrogen and oxygen atoms in total. The van der Waals surface area contributed by atoms with Crippen molar-refractivity contribution in [2.75, 3.05) is 37.4 Å². The number of Topliss-reactive ketones (excluding diaryl/α,β-unsaturated/α-hetero) is 2. The van der Waals surface area contributed by atoms with E-state index in [2.05, 4.69) is 41.2 Å². The van der Waals surface area contributed by atoms with E-state index in [1.165, 1.54) is 63.6 Å². The number of rotatable bonds is 13. The standard InChI is InChI=1S/C29H30N6O10/c1-15(27(40)43-4)14-30-34-23(16(2)36)25(38)31-19-8-10-20(11-9-19)32-26(39)24(17(3)37)35-33-22-13-18(28(41)44-5)7-12-21(22)29(42)45-6/h7-14,30,33H,1-6H3,(H,31,38)(H,32,39)/b15-14-,34-23-,35-24-. The summed E-state index contributed by atoms with van der Waals surface area (Å²) in [5.41, 5.74) is 4.34. The average Bonchev–Trinajstić information content (AvgIpc) is 3.02. The molecule has 2 rings (SSSR count). The molecular formula is C29H30N6O10. The highest BCUT2D eigenvalue weighted by atomic mass is 16.5. The number of nitrogens with zero attached hydrogens (tertiary/aromatic N) is 2. The Hall–Kier alpha value is -6.19. The lowest BCUT2D eigenvalue weighted by molar-refractivity contribution is -0.136. The number of esters is 3. The van der Waals surface area contributed by atoms with E-state index in [0.717, 1.165) is 27.2 Å². The minimum atomic E-state index is -0.914. The summed E-state index contributed by atoms with van der Waals surface area (Å²) >= 11 is 0. The number of amides is 2. The van der Waals surface area contributed by atoms with Gasteiger partial charge in [0.15, 0.2) is 23.0 Å². The number of hydrazone groups is 2. The monoisotopic (exact) mass is 622 g/mol. The van der Waals surface area contributed by atoms with Crippen LogP contribution in [0, 0.1) is 0 Å². The van der Waals surface area contributed by atoms with Crippen LogP contribution in [-0.4, -0.2) is 74.0 Å². The van der Waals surface area contributed by atoms with E-state index in [-0.39, 0.29) is 33.8 Å². The van der Waals surface area contributed by atoms with Gasteiger partial charge in [-0.2, -0.15) is 10.2 Å². The highest BCUT2D eigenvalue weighted by molar-refractivity contribution is 6.67. The molecule has 0 bridgehead atoms. The van der Waals surface area contributed by atoms with E-state index in [1.54, 1.807) is 0 Å². The van der Waals surface area contributed by atoms with Crippen molar-refractivity contribution in [3.63, 3.8) is 0 Å². The molecule has 0 radical (unpaired) electrons. The third kappa shape index (κ3) is 9.95. The molecule has 0 unspecified atom stereocenters. The second-order valence-electron chi connectivity index (χ2n) is 8.82. The minimum Gasteiger partial charge on any atom is -0.466 e. The molecule has 16 heteroatoms. The Labute approximate surface area is 256 Å². The predicted octanol–water partition coefficient (Wildman–Crippen LogP) is 1.81. The SMILES string of the molecule is COC(=O)/C(C)=C\N/N=C(/C(C)=O)C(=O)Nc1ccc(NC(=O)/C(=N\Nc2cc(C(=O)OC)ccc2C(=O)OC)C(C)=O)cc1. The number of ketones is 2. The normalized spacial score (nSPS) is 11.5. The van der Waals surface area contributed by atoms with Crippen LogP contribution in [0.4, 0.5) is 17.1 Å². The van der Waals surface area contributed by atoms with Crippen molar-refractivity contribution in [1.82, 2.24) is 5.43 Å². The molecule has 0 aliphatic rings. The maximum absolute atomic E-state index is 12.9. The van der Waals surface area contributed by atoms with E-state index >= 15 is 0 Å². The van der Waals surface area contributed by atoms with Crippen LogP contribution in [0.25, 0.3) is 0 Å². The summed E-state index contributed by atoms with van der Waals surface area (Å²) in [7, 11) is 3.52. The fraction of sp³-hybridized carbons (Fsp3) is 0.207. The average molecular weight is 623 g/mol. The number of nitrogens with one attached hydrogen (secondary N) is 4. The zero-order chi connectivity index (χ0) is 33.7. The van der Waals surface area contributed by atoms with Crippen molar-refractivity contribution >= 4 is 69.8 Å². The van der Waals surface area contributed by atoms with E-state index in [4.69, 9.17) is 4.74 Å². The Morgan fingerprint density at radius 1 is 0.667 bits per heavy atom. The molecule has 2 aromatic carbocycles. The van der Waals surface area contributed by atoms with Crippen molar-refractivity contribution < 1.29 is 47.8 Å². The number of methoxy groups -OCH3 is 3. The van der Waals surface area contributed by atoms with E-state index in [9.17, 15) is 33.6 Å². The van der Waals surface area contributed by atoms with Crippen molar-refractivity contribution in [3.05, 3.63) is 65.4 Å². The third-order valence-electron chi connectivity index (χ3n) is 5.60. The maximum Gasteiger partial charge on any atom is 0.340 e. The van der Waals surface area contributed by atoms with Crippen LogP contribution in [0.1, 0.15) is 41.5 Å². The number of carbonyl (C=O) groups is 7. The van der Waals surface area contributed by atoms with Crippen LogP contribution in [0.15, 0.2) is 64.4 Å². The Bertz CT molecular complexity index is 1610. The number of hydrogen-bond donors (Lipinski definition) is 4. The third-order valence-corrected chi connectivity index (χ3v) is 5.60. The van der Waals surface area contributed by atoms with Crippen LogP contribution in [-0.2, 0) is 38.2 Å². The van der Waals surface area contributed by atoms with Gasteiger partial charge < -0.3 is 24.8 Å². The zero-order valence-electron chi connectivity index (χ0n) is 25.1. The molecule has 0 heterocycles. The van der Waals surface area contributed by atoms with Crippen LogP contribution in [0.3, 0.4) is 0 Å². The fourth-order valence-electron chi connectivity index (χ4n) is 3.30. The molecule has 0 saturated heterocycles. The smallest absolute Gasteiger partial charge is 0.340 e. The first-order valence-corrected chi connectivity index (χ1v) is 12.8. The van der Waals surface area contributed by atoms with Crippen LogP contribution < -0.4 is 21.5 Å². The van der Waals surface area contributed by atoms with E-state index in [1.807, 2.05) is 0 Å². The maximum atomic E-state index is 12.9. The summed E-state index contributed by atoms with van der Waals surface area (Å²) in [5, 5.41) is 12.5. The number of benzene rings is 2. The lowest BCUT2D eigenvalue weighted by atomic mass is 10.1. The van der Waals surface area contributed by atoms with Gasteiger partial charge in [-0.15, -0.1) is 0 Å². The highest BCUT2D eigenvalue weighted by Crippen LogP contribution is 2.20. The molecule has 2 amide bonds. The van der Waals surface area contributed by atoms with Gasteiger partial charge in [-0.25, -0.2) is 14.4 Å². The molecule has 0 aliphatic heterocycles. The molecule has 0 aliphatic carbocycles. The summed E-state index contributed by atoms with van der Waals surface area (Å²) in [4.78, 5) is 85.2. The fourth-order valence-corrected chi connectivity index (χ4v) is 3.30. The number of anilines is 3. The molecular weight excluding hydrogens is 592 g/mol. The molecule has 4 N–H and O–H groups in total. The van der Waals surface area contributed by atoms with Gasteiger partial charge in [-0.3, -0.25) is 30.0 Å². The van der Waals surface area contributed by atoms with Crippen molar-refractivity contribution in [2.24, 2.45) is 10.2 Å². The first-order valence-electron chi connectivity index (χ1n) is 12.8. The Morgan fingerprint density at radius 2 is 1.18 bits per heavy atom. The van der Waals surface area contributed by atoms with Gasteiger partial charge in [-0.1, -0.05) is 0 Å². The number of ether oxygens (including phenoxy) is 3. The summed E-state index contributed by atoms with van der Waals surface area (Å²) in [6.07, 6.45) is 1.16. The zero-order valence-corrected chi connectivity index (χ0v) is 25.1. The molecule has 0 atom stereocenters. The summed E-state index contributed by atoms with van der Waals surface area (Å²) in [6.45, 7) is 3.67. The summed E-state index contributed by atoms with van der Waals surface area (Å²) < 4.78 is 13.9. The van der Waals surface area contributed by atoms with Gasteiger partial charge in [0.2, 0.25) is 0 Å². The molecule has 2 aromatic rings. The van der Waals surface area contributed by atoms with Crippen molar-refractivity contribution in [2.45, 2.75) is 20.8 Å². The molecule has 0 spiro atoms. The van der Waals surface area contributed by atoms with Gasteiger partial charge in [0.05, 0.1) is 43.7 Å². The van der Waals surface area contributed by atoms with Crippen LogP contribution in [0.5, 0.6) is 0 Å². The molecule has 45 heavy (non-hydrogen) atoms. The Morgan fingerprint density at radius 3 is 1.64 bits per heavy atom.